The lowest BCUT2D eigenvalue weighted by Gasteiger charge is -2.28. The number of ether oxygens (including phenoxy) is 2. The van der Waals surface area contributed by atoms with E-state index in [9.17, 15) is 24.1 Å². The first kappa shape index (κ1) is 30.4. The second-order valence-electron chi connectivity index (χ2n) is 10.3. The summed E-state index contributed by atoms with van der Waals surface area (Å²) in [7, 11) is 2.69. The van der Waals surface area contributed by atoms with Gasteiger partial charge in [0, 0.05) is 0 Å². The Hall–Kier alpha value is -3.23. The molecule has 0 saturated carbocycles. The Morgan fingerprint density at radius 2 is 1.47 bits per heavy atom. The van der Waals surface area contributed by atoms with Gasteiger partial charge in [0.25, 0.3) is 20.5 Å². The van der Waals surface area contributed by atoms with Crippen LogP contribution >= 0.6 is 14.9 Å². The van der Waals surface area contributed by atoms with Crippen LogP contribution in [0.3, 0.4) is 0 Å². The molecular weight excluding hydrogens is 640 g/mol. The summed E-state index contributed by atoms with van der Waals surface area (Å²) < 4.78 is 62.9. The molecule has 21 nitrogen and oxygen atoms in total. The maximum atomic E-state index is 13.4. The Labute approximate surface area is 253 Å². The van der Waals surface area contributed by atoms with Crippen molar-refractivity contribution in [3.05, 3.63) is 29.3 Å². The lowest BCUT2D eigenvalue weighted by atomic mass is 10.1. The van der Waals surface area contributed by atoms with Crippen molar-refractivity contribution in [2.24, 2.45) is 0 Å². The monoisotopic (exact) mass is 662 g/mol. The fourth-order valence-corrected chi connectivity index (χ4v) is 7.35. The summed E-state index contributed by atoms with van der Waals surface area (Å²) in [4.78, 5) is 34.8. The molecule has 8 unspecified atom stereocenters. The zero-order chi connectivity index (χ0) is 31.8. The summed E-state index contributed by atoms with van der Waals surface area (Å²) >= 11 is 0. The standard InChI is InChI=1S/C20H22B2N10O11P2/c21-44(36)38-1-6-10(33)13(19(40-6)32-5-28-9-16(32)29-20(24)30-17(9)35)43-45(22,37)39-2-7-12(42-44)11(34)18(41-7)31-4-27-8-14(23)25-3-26-15(8)31/h3-7,10-13,18-19,33-34H,1-2H2,(H2,23,25,26)(H3,24,29,30,35)/t6?,7?,10?,11?,12?,13?,18?,19?,44-,45-/m1/s1. The highest BCUT2D eigenvalue weighted by atomic mass is 31.2. The Morgan fingerprint density at radius 3 is 2.20 bits per heavy atom. The van der Waals surface area contributed by atoms with Crippen LogP contribution in [-0.2, 0) is 36.7 Å². The first-order chi connectivity index (χ1) is 21.3. The Morgan fingerprint density at radius 1 is 0.844 bits per heavy atom. The molecule has 4 aromatic rings. The van der Waals surface area contributed by atoms with Gasteiger partial charge in [0.15, 0.2) is 35.1 Å². The smallest absolute Gasteiger partial charge is 0.280 e. The van der Waals surface area contributed by atoms with Crippen molar-refractivity contribution >= 4 is 64.2 Å². The van der Waals surface area contributed by atoms with E-state index in [1.165, 1.54) is 21.8 Å². The molecule has 0 spiro atoms. The molecule has 0 aromatic carbocycles. The van der Waals surface area contributed by atoms with Gasteiger partial charge in [0.1, 0.15) is 48.5 Å². The van der Waals surface area contributed by atoms with Gasteiger partial charge in [-0.1, -0.05) is 0 Å². The summed E-state index contributed by atoms with van der Waals surface area (Å²) in [6.45, 7) is -1.31. The third-order valence-corrected chi connectivity index (χ3v) is 9.48. The van der Waals surface area contributed by atoms with E-state index in [4.69, 9.17) is 54.2 Å². The molecule has 4 radical (unpaired) electrons. The van der Waals surface area contributed by atoms with E-state index in [-0.39, 0.29) is 34.1 Å². The lowest BCUT2D eigenvalue weighted by Crippen LogP contribution is -2.36. The maximum Gasteiger partial charge on any atom is 0.280 e. The Kier molecular flexibility index (Phi) is 7.40. The van der Waals surface area contributed by atoms with Gasteiger partial charge in [-0.05, 0) is 0 Å². The number of aliphatic hydroxyl groups is 2. The number of rotatable bonds is 2. The van der Waals surface area contributed by atoms with Gasteiger partial charge in [-0.15, -0.1) is 0 Å². The first-order valence-corrected chi connectivity index (χ1v) is 16.3. The molecular formula is C20H22B2N10O11P2. The number of H-pyrrole nitrogens is 1. The molecule has 3 aliphatic heterocycles. The van der Waals surface area contributed by atoms with Crippen LogP contribution < -0.4 is 17.0 Å². The second kappa shape index (κ2) is 10.9. The molecule has 0 aliphatic carbocycles. The van der Waals surface area contributed by atoms with Crippen LogP contribution in [0.25, 0.3) is 22.3 Å². The number of aromatic nitrogens is 8. The first-order valence-electron chi connectivity index (χ1n) is 13.1. The highest BCUT2D eigenvalue weighted by molar-refractivity contribution is 7.79. The molecule has 25 heteroatoms. The molecule has 234 valence electrons. The summed E-state index contributed by atoms with van der Waals surface area (Å²) in [5, 5.41) is 22.3. The summed E-state index contributed by atoms with van der Waals surface area (Å²) in [6, 6.07) is 0. The number of hydrogen-bond acceptors (Lipinski definition) is 18. The number of nitrogens with two attached hydrogens (primary N) is 2. The number of nitrogen functional groups attached to an aromatic ring is 2. The van der Waals surface area contributed by atoms with Crippen LogP contribution in [0.15, 0.2) is 23.8 Å². The number of aromatic amines is 1. The molecule has 0 amide bonds. The minimum atomic E-state index is -4.58. The van der Waals surface area contributed by atoms with Gasteiger partial charge >= 0.3 is 0 Å². The van der Waals surface area contributed by atoms with Crippen LogP contribution in [0.2, 0.25) is 0 Å². The third-order valence-electron chi connectivity index (χ3n) is 7.38. The van der Waals surface area contributed by atoms with E-state index >= 15 is 0 Å². The summed E-state index contributed by atoms with van der Waals surface area (Å²) in [5.41, 5.74) is 11.1. The Balaban J connectivity index is 1.21. The van der Waals surface area contributed by atoms with Gasteiger partial charge in [0.05, 0.1) is 25.9 Å². The second-order valence-corrected chi connectivity index (χ2v) is 13.4. The van der Waals surface area contributed by atoms with E-state index < -0.39 is 82.8 Å². The molecule has 3 fully saturated rings. The number of hydrogen-bond donors (Lipinski definition) is 5. The topological polar surface area (TPSA) is 289 Å². The highest BCUT2D eigenvalue weighted by Gasteiger charge is 2.52. The van der Waals surface area contributed by atoms with Crippen molar-refractivity contribution in [3.8, 4) is 0 Å². The molecule has 7 heterocycles. The summed E-state index contributed by atoms with van der Waals surface area (Å²) in [6.07, 6.45) is -7.94. The van der Waals surface area contributed by atoms with E-state index in [2.05, 4.69) is 29.9 Å². The van der Waals surface area contributed by atoms with Crippen molar-refractivity contribution in [1.82, 2.24) is 39.0 Å². The number of fused-ring (bicyclic) bond motifs is 5. The predicted octanol–water partition coefficient (Wildman–Crippen LogP) is -1.99. The third kappa shape index (κ3) is 5.38. The predicted molar refractivity (Wildman–Crippen MR) is 151 cm³/mol. The van der Waals surface area contributed by atoms with Crippen molar-refractivity contribution in [2.75, 3.05) is 24.7 Å². The van der Waals surface area contributed by atoms with Crippen molar-refractivity contribution in [2.45, 2.75) is 49.1 Å². The van der Waals surface area contributed by atoms with Gasteiger partial charge in [-0.3, -0.25) is 28.0 Å². The zero-order valence-corrected chi connectivity index (χ0v) is 24.5. The molecule has 3 saturated heterocycles. The number of imidazole rings is 2. The molecule has 7 rings (SSSR count). The fourth-order valence-electron chi connectivity index (χ4n) is 5.35. The van der Waals surface area contributed by atoms with Gasteiger partial charge < -0.3 is 49.2 Å². The number of nitrogens with zero attached hydrogens (tertiary/aromatic N) is 7. The zero-order valence-electron chi connectivity index (χ0n) is 22.7. The molecule has 3 aliphatic rings. The van der Waals surface area contributed by atoms with Crippen LogP contribution in [-0.4, -0.2) is 114 Å². The average Bonchev–Trinajstić information content (AvgIpc) is 3.72. The summed E-state index contributed by atoms with van der Waals surface area (Å²) in [5.74, 6) is -0.172. The van der Waals surface area contributed by atoms with E-state index in [0.29, 0.717) is 0 Å². The largest absolute Gasteiger partial charge is 0.387 e. The van der Waals surface area contributed by atoms with Crippen molar-refractivity contribution in [3.63, 3.8) is 0 Å². The van der Waals surface area contributed by atoms with Crippen molar-refractivity contribution < 1.29 is 46.9 Å². The van der Waals surface area contributed by atoms with E-state index in [1.807, 2.05) is 0 Å². The molecule has 4 aromatic heterocycles. The average molecular weight is 662 g/mol. The van der Waals surface area contributed by atoms with Gasteiger partial charge in [0.2, 0.25) is 21.1 Å². The van der Waals surface area contributed by atoms with Gasteiger partial charge in [-0.2, -0.15) is 4.98 Å². The minimum Gasteiger partial charge on any atom is -0.387 e. The number of anilines is 2. The SMILES string of the molecule is [B][P@@]1(=O)OCC2OC(n3cnc4c(=O)[nH]c(N)nc43)C(O[P@]([B])(=O)OCC3OC(n4cnc5c(N)ncnc54)C(O)C3O1)C2O. The van der Waals surface area contributed by atoms with E-state index in [1.54, 1.807) is 0 Å². The fraction of sp³-hybridized carbons (Fsp3) is 0.500. The van der Waals surface area contributed by atoms with Gasteiger partial charge in [-0.25, -0.2) is 19.9 Å². The van der Waals surface area contributed by atoms with Crippen LogP contribution in [0.1, 0.15) is 12.5 Å². The van der Waals surface area contributed by atoms with Crippen LogP contribution in [0.4, 0.5) is 11.8 Å². The Bertz CT molecular complexity index is 1940. The minimum absolute atomic E-state index is 0.0633. The van der Waals surface area contributed by atoms with E-state index in [0.717, 1.165) is 6.33 Å². The molecule has 7 N–H and O–H groups in total. The molecule has 2 bridgehead atoms. The number of aliphatic hydroxyl groups excluding tert-OH is 2. The number of nitrogens with one attached hydrogen (secondary N) is 1. The van der Waals surface area contributed by atoms with Crippen molar-refractivity contribution in [1.29, 1.82) is 0 Å². The molecule has 45 heavy (non-hydrogen) atoms. The maximum absolute atomic E-state index is 13.4. The van der Waals surface area contributed by atoms with Crippen LogP contribution in [0, 0.1) is 0 Å². The quantitative estimate of drug-likeness (QED) is 0.115. The lowest BCUT2D eigenvalue weighted by molar-refractivity contribution is -0.0578. The normalized spacial score (nSPS) is 37.6. The highest BCUT2D eigenvalue weighted by Crippen LogP contribution is 2.53. The van der Waals surface area contributed by atoms with Crippen LogP contribution in [0.5, 0.6) is 0 Å². The molecule has 10 atom stereocenters.